The standard InChI is InChI=1S/C17H15N3O4S2/c18-17(19)20-24-26(22,23)10-15(21)12-4-1-3-11(9-12)13-5-2-6-16-14(13)7-8-25-16/h1-9H,10H2,(H4,18,19,20). The number of Topliss-reactive ketones (excluding diaryl/α,β-unsaturated/α-hetero) is 1. The summed E-state index contributed by atoms with van der Waals surface area (Å²) in [6, 6.07) is 14.7. The van der Waals surface area contributed by atoms with E-state index in [1.807, 2.05) is 35.7 Å². The molecule has 2 aromatic carbocycles. The zero-order valence-electron chi connectivity index (χ0n) is 13.4. The number of nitrogens with one attached hydrogen (secondary N) is 2. The second-order valence-electron chi connectivity index (χ2n) is 5.44. The van der Waals surface area contributed by atoms with Gasteiger partial charge in [-0.25, -0.2) is 5.48 Å². The number of carbonyl (C=O) groups is 1. The highest BCUT2D eigenvalue weighted by Gasteiger charge is 2.20. The Kier molecular flexibility index (Phi) is 5.03. The third-order valence-corrected chi connectivity index (χ3v) is 5.41. The van der Waals surface area contributed by atoms with Crippen LogP contribution in [0.25, 0.3) is 21.2 Å². The molecule has 0 fully saturated rings. The van der Waals surface area contributed by atoms with Crippen molar-refractivity contribution in [1.29, 1.82) is 5.41 Å². The van der Waals surface area contributed by atoms with E-state index in [0.717, 1.165) is 21.2 Å². The van der Waals surface area contributed by atoms with E-state index in [1.54, 1.807) is 35.0 Å². The molecule has 26 heavy (non-hydrogen) atoms. The van der Waals surface area contributed by atoms with E-state index < -0.39 is 27.6 Å². The van der Waals surface area contributed by atoms with Crippen LogP contribution < -0.4 is 11.2 Å². The van der Waals surface area contributed by atoms with Gasteiger partial charge in [0.15, 0.2) is 5.78 Å². The van der Waals surface area contributed by atoms with Crippen LogP contribution in [0, 0.1) is 5.41 Å². The first-order valence-electron chi connectivity index (χ1n) is 7.47. The summed E-state index contributed by atoms with van der Waals surface area (Å²) in [7, 11) is -4.21. The Hall–Kier alpha value is -2.75. The Bertz CT molecular complexity index is 1090. The van der Waals surface area contributed by atoms with Crippen LogP contribution in [0.3, 0.4) is 0 Å². The average Bonchev–Trinajstić information content (AvgIpc) is 3.08. The summed E-state index contributed by atoms with van der Waals surface area (Å²) in [6.45, 7) is 0. The molecule has 0 aliphatic heterocycles. The predicted octanol–water partition coefficient (Wildman–Crippen LogP) is 2.50. The molecule has 0 radical (unpaired) electrons. The number of rotatable bonds is 6. The molecule has 0 aliphatic rings. The number of hydrogen-bond donors (Lipinski definition) is 3. The maximum atomic E-state index is 12.3. The molecular formula is C17H15N3O4S2. The summed E-state index contributed by atoms with van der Waals surface area (Å²) in [5, 5.41) is 9.96. The molecule has 134 valence electrons. The maximum Gasteiger partial charge on any atom is 0.295 e. The van der Waals surface area contributed by atoms with Gasteiger partial charge in [0.25, 0.3) is 10.1 Å². The molecule has 1 heterocycles. The monoisotopic (exact) mass is 389 g/mol. The first-order chi connectivity index (χ1) is 12.4. The molecule has 0 atom stereocenters. The molecule has 0 bridgehead atoms. The minimum atomic E-state index is -4.21. The first-order valence-corrected chi connectivity index (χ1v) is 9.92. The minimum absolute atomic E-state index is 0.254. The Labute approximate surface area is 154 Å². The predicted molar refractivity (Wildman–Crippen MR) is 102 cm³/mol. The summed E-state index contributed by atoms with van der Waals surface area (Å²) in [4.78, 5) is 12.3. The van der Waals surface area contributed by atoms with Crippen LogP contribution in [-0.2, 0) is 14.4 Å². The summed E-state index contributed by atoms with van der Waals surface area (Å²) in [6.07, 6.45) is 0. The fourth-order valence-corrected chi connectivity index (χ4v) is 4.06. The quantitative estimate of drug-likeness (QED) is 0.258. The molecule has 3 rings (SSSR count). The first kappa shape index (κ1) is 18.1. The Morgan fingerprint density at radius 2 is 1.96 bits per heavy atom. The summed E-state index contributed by atoms with van der Waals surface area (Å²) in [5.74, 6) is -2.15. The van der Waals surface area contributed by atoms with Crippen LogP contribution in [0.15, 0.2) is 53.9 Å². The molecule has 1 aromatic heterocycles. The molecule has 9 heteroatoms. The topological polar surface area (TPSA) is 122 Å². The lowest BCUT2D eigenvalue weighted by atomic mass is 9.99. The van der Waals surface area contributed by atoms with Gasteiger partial charge in [0.1, 0.15) is 5.75 Å². The van der Waals surface area contributed by atoms with Gasteiger partial charge in [-0.15, -0.1) is 15.6 Å². The molecular weight excluding hydrogens is 374 g/mol. The molecule has 0 saturated heterocycles. The van der Waals surface area contributed by atoms with Gasteiger partial charge in [-0.1, -0.05) is 30.3 Å². The van der Waals surface area contributed by atoms with Crippen LogP contribution in [0.2, 0.25) is 0 Å². The SMILES string of the molecule is N=C(N)NOS(=O)(=O)CC(=O)c1cccc(-c2cccc3sccc23)c1. The molecule has 0 aliphatic carbocycles. The second kappa shape index (κ2) is 7.24. The lowest BCUT2D eigenvalue weighted by Crippen LogP contribution is -2.34. The zero-order chi connectivity index (χ0) is 18.7. The van der Waals surface area contributed by atoms with Gasteiger partial charge in [-0.05, 0) is 34.7 Å². The smallest absolute Gasteiger partial charge is 0.295 e. The van der Waals surface area contributed by atoms with Gasteiger partial charge in [0, 0.05) is 15.6 Å². The highest BCUT2D eigenvalue weighted by atomic mass is 32.2. The highest BCUT2D eigenvalue weighted by Crippen LogP contribution is 2.32. The van der Waals surface area contributed by atoms with Crippen molar-refractivity contribution in [3.63, 3.8) is 0 Å². The second-order valence-corrected chi connectivity index (χ2v) is 7.96. The van der Waals surface area contributed by atoms with Crippen molar-refractivity contribution in [3.8, 4) is 11.1 Å². The molecule has 0 spiro atoms. The van der Waals surface area contributed by atoms with Crippen molar-refractivity contribution in [3.05, 3.63) is 59.5 Å². The van der Waals surface area contributed by atoms with E-state index in [4.69, 9.17) is 11.1 Å². The number of thiophene rings is 1. The van der Waals surface area contributed by atoms with Crippen LogP contribution in [0.5, 0.6) is 0 Å². The van der Waals surface area contributed by atoms with Gasteiger partial charge >= 0.3 is 0 Å². The normalized spacial score (nSPS) is 11.4. The number of guanidine groups is 1. The molecule has 3 aromatic rings. The Balaban J connectivity index is 1.87. The lowest BCUT2D eigenvalue weighted by Gasteiger charge is -2.08. The number of nitrogens with two attached hydrogens (primary N) is 1. The van der Waals surface area contributed by atoms with E-state index in [1.165, 1.54) is 0 Å². The fourth-order valence-electron chi connectivity index (χ4n) is 2.49. The Morgan fingerprint density at radius 3 is 2.73 bits per heavy atom. The van der Waals surface area contributed by atoms with E-state index in [9.17, 15) is 13.2 Å². The van der Waals surface area contributed by atoms with E-state index in [0.29, 0.717) is 0 Å². The molecule has 0 amide bonds. The zero-order valence-corrected chi connectivity index (χ0v) is 15.1. The van der Waals surface area contributed by atoms with Crippen molar-refractivity contribution in [2.24, 2.45) is 5.73 Å². The molecule has 4 N–H and O–H groups in total. The largest absolute Gasteiger partial charge is 0.368 e. The van der Waals surface area contributed by atoms with Gasteiger partial charge in [0.2, 0.25) is 5.96 Å². The van der Waals surface area contributed by atoms with Gasteiger partial charge in [-0.2, -0.15) is 8.42 Å². The van der Waals surface area contributed by atoms with E-state index in [2.05, 4.69) is 4.28 Å². The number of hydrogen-bond acceptors (Lipinski definition) is 6. The van der Waals surface area contributed by atoms with Crippen molar-refractivity contribution in [2.45, 2.75) is 0 Å². The van der Waals surface area contributed by atoms with Crippen molar-refractivity contribution in [2.75, 3.05) is 5.75 Å². The summed E-state index contributed by atoms with van der Waals surface area (Å²) >= 11 is 1.63. The van der Waals surface area contributed by atoms with Crippen LogP contribution in [0.1, 0.15) is 10.4 Å². The average molecular weight is 389 g/mol. The summed E-state index contributed by atoms with van der Waals surface area (Å²) in [5.41, 5.74) is 8.72. The van der Waals surface area contributed by atoms with Gasteiger partial charge < -0.3 is 5.73 Å². The number of fused-ring (bicyclic) bond motifs is 1. The van der Waals surface area contributed by atoms with Gasteiger partial charge in [-0.3, -0.25) is 10.2 Å². The number of benzene rings is 2. The third-order valence-electron chi connectivity index (χ3n) is 3.58. The molecule has 0 unspecified atom stereocenters. The minimum Gasteiger partial charge on any atom is -0.368 e. The lowest BCUT2D eigenvalue weighted by molar-refractivity contribution is 0.101. The highest BCUT2D eigenvalue weighted by molar-refractivity contribution is 7.87. The van der Waals surface area contributed by atoms with Crippen LogP contribution in [-0.4, -0.2) is 25.9 Å². The summed E-state index contributed by atoms with van der Waals surface area (Å²) < 4.78 is 28.9. The Morgan fingerprint density at radius 1 is 1.19 bits per heavy atom. The van der Waals surface area contributed by atoms with Crippen molar-refractivity contribution in [1.82, 2.24) is 5.48 Å². The molecule has 0 saturated carbocycles. The number of carbonyl (C=O) groups excluding carboxylic acids is 1. The number of ketones is 1. The van der Waals surface area contributed by atoms with Gasteiger partial charge in [0.05, 0.1) is 0 Å². The maximum absolute atomic E-state index is 12.3. The van der Waals surface area contributed by atoms with E-state index >= 15 is 0 Å². The van der Waals surface area contributed by atoms with Crippen LogP contribution in [0.4, 0.5) is 0 Å². The third kappa shape index (κ3) is 4.07. The molecule has 7 nitrogen and oxygen atoms in total. The fraction of sp³-hybridized carbons (Fsp3) is 0.0588. The van der Waals surface area contributed by atoms with Crippen LogP contribution >= 0.6 is 11.3 Å². The van der Waals surface area contributed by atoms with Crippen molar-refractivity contribution >= 4 is 43.3 Å². The van der Waals surface area contributed by atoms with E-state index in [-0.39, 0.29) is 5.56 Å². The van der Waals surface area contributed by atoms with Crippen molar-refractivity contribution < 1.29 is 17.5 Å². The number of hydroxylamine groups is 1.